The van der Waals surface area contributed by atoms with Crippen LogP contribution in [-0.4, -0.2) is 23.8 Å². The summed E-state index contributed by atoms with van der Waals surface area (Å²) in [5, 5.41) is 21.0. The van der Waals surface area contributed by atoms with Crippen LogP contribution >= 0.6 is 0 Å². The largest absolute Gasteiger partial charge is 0.396 e. The highest BCUT2D eigenvalue weighted by Crippen LogP contribution is 2.18. The van der Waals surface area contributed by atoms with E-state index in [2.05, 4.69) is 25.2 Å². The molecule has 0 aliphatic rings. The molecule has 0 fully saturated rings. The van der Waals surface area contributed by atoms with Gasteiger partial charge in [-0.2, -0.15) is 5.26 Å². The first-order chi connectivity index (χ1) is 6.33. The minimum absolute atomic E-state index is 0.0414. The first-order valence-corrected chi connectivity index (χ1v) is 5.10. The molecule has 3 heteroatoms. The smallest absolute Gasteiger partial charge is 0.0684 e. The predicted octanol–water partition coefficient (Wildman–Crippen LogP) is 1.68. The highest BCUT2D eigenvalue weighted by atomic mass is 16.3. The minimum atomic E-state index is -0.262. The maximum Gasteiger partial charge on any atom is 0.0684 e. The van der Waals surface area contributed by atoms with Gasteiger partial charge in [-0.1, -0.05) is 0 Å². The van der Waals surface area contributed by atoms with Gasteiger partial charge in [-0.05, 0) is 47.1 Å². The monoisotopic (exact) mass is 198 g/mol. The van der Waals surface area contributed by atoms with Crippen LogP contribution in [-0.2, 0) is 0 Å². The SMILES string of the molecule is CC(C)(C#N)CCNC(C)(C)CCO. The molecule has 82 valence electrons. The first kappa shape index (κ1) is 13.4. The summed E-state index contributed by atoms with van der Waals surface area (Å²) in [7, 11) is 0. The first-order valence-electron chi connectivity index (χ1n) is 5.10. The van der Waals surface area contributed by atoms with Gasteiger partial charge in [-0.15, -0.1) is 0 Å². The molecular weight excluding hydrogens is 176 g/mol. The molecule has 0 saturated carbocycles. The lowest BCUT2D eigenvalue weighted by Crippen LogP contribution is -2.41. The predicted molar refractivity (Wildman–Crippen MR) is 57.8 cm³/mol. The van der Waals surface area contributed by atoms with Crippen molar-refractivity contribution in [1.82, 2.24) is 5.32 Å². The molecule has 0 aromatic carbocycles. The number of rotatable bonds is 6. The lowest BCUT2D eigenvalue weighted by Gasteiger charge is -2.27. The van der Waals surface area contributed by atoms with Crippen LogP contribution in [0.25, 0.3) is 0 Å². The molecule has 0 radical (unpaired) electrons. The second-order valence-electron chi connectivity index (χ2n) is 5.03. The van der Waals surface area contributed by atoms with Crippen LogP contribution in [0.15, 0.2) is 0 Å². The van der Waals surface area contributed by atoms with Crippen LogP contribution < -0.4 is 5.32 Å². The van der Waals surface area contributed by atoms with Gasteiger partial charge in [0.15, 0.2) is 0 Å². The van der Waals surface area contributed by atoms with Gasteiger partial charge in [0, 0.05) is 12.1 Å². The van der Waals surface area contributed by atoms with Gasteiger partial charge in [0.1, 0.15) is 0 Å². The summed E-state index contributed by atoms with van der Waals surface area (Å²) in [4.78, 5) is 0. The maximum atomic E-state index is 8.81. The van der Waals surface area contributed by atoms with Crippen molar-refractivity contribution in [3.05, 3.63) is 0 Å². The van der Waals surface area contributed by atoms with Crippen LogP contribution in [0.5, 0.6) is 0 Å². The van der Waals surface area contributed by atoms with Crippen molar-refractivity contribution in [3.8, 4) is 6.07 Å². The number of hydrogen-bond acceptors (Lipinski definition) is 3. The van der Waals surface area contributed by atoms with E-state index in [1.54, 1.807) is 0 Å². The Kier molecular flexibility index (Phi) is 5.11. The van der Waals surface area contributed by atoms with Gasteiger partial charge < -0.3 is 10.4 Å². The van der Waals surface area contributed by atoms with Crippen molar-refractivity contribution >= 4 is 0 Å². The van der Waals surface area contributed by atoms with Crippen molar-refractivity contribution in [2.24, 2.45) is 5.41 Å². The van der Waals surface area contributed by atoms with Gasteiger partial charge in [0.2, 0.25) is 0 Å². The van der Waals surface area contributed by atoms with E-state index >= 15 is 0 Å². The second-order valence-corrected chi connectivity index (χ2v) is 5.03. The summed E-state index contributed by atoms with van der Waals surface area (Å²) >= 11 is 0. The summed E-state index contributed by atoms with van der Waals surface area (Å²) in [5.74, 6) is 0. The lowest BCUT2D eigenvalue weighted by atomic mass is 9.91. The third-order valence-corrected chi connectivity index (χ3v) is 2.39. The van der Waals surface area contributed by atoms with Gasteiger partial charge in [0.05, 0.1) is 11.5 Å². The van der Waals surface area contributed by atoms with Gasteiger partial charge in [-0.25, -0.2) is 0 Å². The van der Waals surface area contributed by atoms with Crippen molar-refractivity contribution < 1.29 is 5.11 Å². The molecule has 0 unspecified atom stereocenters. The Labute approximate surface area is 87.1 Å². The zero-order chi connectivity index (χ0) is 11.2. The van der Waals surface area contributed by atoms with E-state index in [-0.39, 0.29) is 17.6 Å². The van der Waals surface area contributed by atoms with Crippen molar-refractivity contribution in [1.29, 1.82) is 5.26 Å². The lowest BCUT2D eigenvalue weighted by molar-refractivity contribution is 0.227. The second kappa shape index (κ2) is 5.33. The molecule has 0 saturated heterocycles. The molecule has 0 amide bonds. The third kappa shape index (κ3) is 5.95. The normalized spacial score (nSPS) is 12.6. The molecule has 0 aromatic heterocycles. The molecule has 0 rings (SSSR count). The molecule has 0 bridgehead atoms. The molecular formula is C11H22N2O. The molecule has 0 atom stereocenters. The van der Waals surface area contributed by atoms with E-state index < -0.39 is 0 Å². The number of nitriles is 1. The minimum Gasteiger partial charge on any atom is -0.396 e. The fraction of sp³-hybridized carbons (Fsp3) is 0.909. The Morgan fingerprint density at radius 3 is 2.21 bits per heavy atom. The van der Waals surface area contributed by atoms with Crippen LogP contribution in [0.3, 0.4) is 0 Å². The number of aliphatic hydroxyl groups excluding tert-OH is 1. The molecule has 0 heterocycles. The quantitative estimate of drug-likeness (QED) is 0.682. The number of hydrogen-bond donors (Lipinski definition) is 2. The van der Waals surface area contributed by atoms with E-state index in [9.17, 15) is 0 Å². The van der Waals surface area contributed by atoms with Crippen molar-refractivity contribution in [2.75, 3.05) is 13.2 Å². The molecule has 14 heavy (non-hydrogen) atoms. The van der Waals surface area contributed by atoms with Crippen molar-refractivity contribution in [2.45, 2.75) is 46.1 Å². The average Bonchev–Trinajstić information content (AvgIpc) is 2.03. The fourth-order valence-electron chi connectivity index (χ4n) is 1.14. The molecule has 3 nitrogen and oxygen atoms in total. The zero-order valence-corrected chi connectivity index (χ0v) is 9.72. The Balaban J connectivity index is 3.80. The maximum absolute atomic E-state index is 8.81. The highest BCUT2D eigenvalue weighted by Gasteiger charge is 2.20. The Bertz CT molecular complexity index is 204. The zero-order valence-electron chi connectivity index (χ0n) is 9.72. The van der Waals surface area contributed by atoms with Gasteiger partial charge in [-0.3, -0.25) is 0 Å². The third-order valence-electron chi connectivity index (χ3n) is 2.39. The highest BCUT2D eigenvalue weighted by molar-refractivity contribution is 4.92. The molecule has 0 aliphatic carbocycles. The van der Waals surface area contributed by atoms with E-state index in [1.807, 2.05) is 13.8 Å². The molecule has 0 aliphatic heterocycles. The van der Waals surface area contributed by atoms with Crippen molar-refractivity contribution in [3.63, 3.8) is 0 Å². The summed E-state index contributed by atoms with van der Waals surface area (Å²) < 4.78 is 0. The van der Waals surface area contributed by atoms with Crippen LogP contribution in [0.1, 0.15) is 40.5 Å². The van der Waals surface area contributed by atoms with Gasteiger partial charge in [0.25, 0.3) is 0 Å². The fourth-order valence-corrected chi connectivity index (χ4v) is 1.14. The van der Waals surface area contributed by atoms with Crippen LogP contribution in [0.2, 0.25) is 0 Å². The van der Waals surface area contributed by atoms with E-state index in [0.717, 1.165) is 19.4 Å². The number of aliphatic hydroxyl groups is 1. The van der Waals surface area contributed by atoms with Crippen LogP contribution in [0, 0.1) is 16.7 Å². The standard InChI is InChI=1S/C11H22N2O/c1-10(2,9-12)5-7-13-11(3,4)6-8-14/h13-14H,5-8H2,1-4H3. The molecule has 2 N–H and O–H groups in total. The van der Waals surface area contributed by atoms with Gasteiger partial charge >= 0.3 is 0 Å². The average molecular weight is 198 g/mol. The summed E-state index contributed by atoms with van der Waals surface area (Å²) in [6.07, 6.45) is 1.57. The summed E-state index contributed by atoms with van der Waals surface area (Å²) in [6, 6.07) is 2.27. The topological polar surface area (TPSA) is 56.0 Å². The number of nitrogens with zero attached hydrogens (tertiary/aromatic N) is 1. The number of nitrogens with one attached hydrogen (secondary N) is 1. The van der Waals surface area contributed by atoms with E-state index in [0.29, 0.717) is 0 Å². The Hall–Kier alpha value is -0.590. The van der Waals surface area contributed by atoms with Crippen LogP contribution in [0.4, 0.5) is 0 Å². The van der Waals surface area contributed by atoms with E-state index in [4.69, 9.17) is 10.4 Å². The summed E-state index contributed by atoms with van der Waals surface area (Å²) in [5.41, 5.74) is -0.303. The molecule has 0 spiro atoms. The molecule has 0 aromatic rings. The Morgan fingerprint density at radius 1 is 1.21 bits per heavy atom. The van der Waals surface area contributed by atoms with E-state index in [1.165, 1.54) is 0 Å². The Morgan fingerprint density at radius 2 is 1.79 bits per heavy atom. The summed E-state index contributed by atoms with van der Waals surface area (Å²) in [6.45, 7) is 9.00.